The van der Waals surface area contributed by atoms with Crippen molar-refractivity contribution in [1.82, 2.24) is 24.4 Å². The number of nitrogens with zero attached hydrogens (tertiary/aromatic N) is 5. The van der Waals surface area contributed by atoms with Crippen LogP contribution in [0.15, 0.2) is 48.7 Å². The Labute approximate surface area is 173 Å². The number of halogens is 4. The molecule has 1 amide bonds. The van der Waals surface area contributed by atoms with E-state index >= 15 is 0 Å². The number of amides is 1. The summed E-state index contributed by atoms with van der Waals surface area (Å²) in [4.78, 5) is 16.1. The fourth-order valence-corrected chi connectivity index (χ4v) is 3.06. The van der Waals surface area contributed by atoms with E-state index in [1.54, 1.807) is 16.9 Å². The van der Waals surface area contributed by atoms with Crippen molar-refractivity contribution in [3.63, 3.8) is 0 Å². The second-order valence-corrected chi connectivity index (χ2v) is 6.79. The maximum atomic E-state index is 13.3. The predicted octanol–water partition coefficient (Wildman–Crippen LogP) is 4.41. The van der Waals surface area contributed by atoms with Gasteiger partial charge < -0.3 is 5.32 Å². The van der Waals surface area contributed by atoms with E-state index in [-0.39, 0.29) is 17.2 Å². The maximum absolute atomic E-state index is 13.3. The zero-order valence-corrected chi connectivity index (χ0v) is 16.1. The van der Waals surface area contributed by atoms with Gasteiger partial charge in [-0.1, -0.05) is 24.3 Å². The quantitative estimate of drug-likeness (QED) is 0.458. The van der Waals surface area contributed by atoms with Gasteiger partial charge >= 0.3 is 0 Å². The number of rotatable bonds is 6. The molecule has 0 aliphatic heterocycles. The summed E-state index contributed by atoms with van der Waals surface area (Å²) >= 11 is 0. The molecule has 0 radical (unpaired) electrons. The second kappa shape index (κ2) is 8.17. The van der Waals surface area contributed by atoms with Crippen molar-refractivity contribution in [2.75, 3.05) is 5.32 Å². The van der Waals surface area contributed by atoms with Crippen molar-refractivity contribution < 1.29 is 22.4 Å². The average molecular weight is 432 g/mol. The Morgan fingerprint density at radius 2 is 1.84 bits per heavy atom. The number of benzene rings is 1. The summed E-state index contributed by atoms with van der Waals surface area (Å²) in [6, 6.07) is 11.0. The molecule has 0 fully saturated rings. The summed E-state index contributed by atoms with van der Waals surface area (Å²) in [6.45, 7) is 2.47. The minimum absolute atomic E-state index is 0.228. The lowest BCUT2D eigenvalue weighted by Crippen LogP contribution is -2.14. The number of aromatic nitrogens is 5. The molecule has 0 unspecified atom stereocenters. The van der Waals surface area contributed by atoms with Gasteiger partial charge in [-0.05, 0) is 24.1 Å². The highest BCUT2D eigenvalue weighted by Crippen LogP contribution is 2.25. The number of hydrogen-bond donors (Lipinski definition) is 1. The first kappa shape index (κ1) is 20.5. The van der Waals surface area contributed by atoms with Gasteiger partial charge in [-0.3, -0.25) is 9.48 Å². The smallest absolute Gasteiger partial charge is 0.280 e. The zero-order valence-electron chi connectivity index (χ0n) is 16.1. The van der Waals surface area contributed by atoms with E-state index in [9.17, 15) is 22.4 Å². The van der Waals surface area contributed by atoms with Crippen molar-refractivity contribution in [1.29, 1.82) is 0 Å². The minimum Gasteiger partial charge on any atom is -0.304 e. The van der Waals surface area contributed by atoms with Crippen LogP contribution in [0.2, 0.25) is 0 Å². The highest BCUT2D eigenvalue weighted by atomic mass is 19.3. The SMILES string of the molecule is Cc1ccccc1Cn1ccc(NC(=O)c2cc3nc(C(F)F)cc(C(F)F)n3n2)n1. The van der Waals surface area contributed by atoms with E-state index in [1.807, 2.05) is 31.2 Å². The van der Waals surface area contributed by atoms with Gasteiger partial charge in [0, 0.05) is 18.3 Å². The van der Waals surface area contributed by atoms with E-state index in [2.05, 4.69) is 20.5 Å². The lowest BCUT2D eigenvalue weighted by molar-refractivity contribution is 0.102. The van der Waals surface area contributed by atoms with E-state index < -0.39 is 30.1 Å². The van der Waals surface area contributed by atoms with Gasteiger partial charge in [0.05, 0.1) is 6.54 Å². The molecule has 0 spiro atoms. The molecule has 1 N–H and O–H groups in total. The fraction of sp³-hybridized carbons (Fsp3) is 0.200. The molecule has 3 aromatic heterocycles. The molecule has 11 heteroatoms. The van der Waals surface area contributed by atoms with Crippen LogP contribution in [-0.4, -0.2) is 30.3 Å². The van der Waals surface area contributed by atoms with Gasteiger partial charge in [-0.2, -0.15) is 10.2 Å². The number of aryl methyl sites for hydroxylation is 1. The van der Waals surface area contributed by atoms with Crippen molar-refractivity contribution in [3.05, 3.63) is 76.9 Å². The summed E-state index contributed by atoms with van der Waals surface area (Å²) in [7, 11) is 0. The average Bonchev–Trinajstić information content (AvgIpc) is 3.35. The lowest BCUT2D eigenvalue weighted by atomic mass is 10.1. The third kappa shape index (κ3) is 4.25. The zero-order chi connectivity index (χ0) is 22.1. The lowest BCUT2D eigenvalue weighted by Gasteiger charge is -2.06. The maximum Gasteiger partial charge on any atom is 0.280 e. The molecule has 0 saturated heterocycles. The molecular formula is C20H16F4N6O. The largest absolute Gasteiger partial charge is 0.304 e. The first-order chi connectivity index (χ1) is 14.8. The number of nitrogens with one attached hydrogen (secondary N) is 1. The Balaban J connectivity index is 1.56. The summed E-state index contributed by atoms with van der Waals surface area (Å²) in [6.07, 6.45) is -4.43. The Morgan fingerprint density at radius 1 is 1.06 bits per heavy atom. The number of anilines is 1. The predicted molar refractivity (Wildman–Crippen MR) is 103 cm³/mol. The van der Waals surface area contributed by atoms with E-state index in [1.165, 1.54) is 0 Å². The number of carbonyl (C=O) groups is 1. The van der Waals surface area contributed by atoms with Crippen LogP contribution >= 0.6 is 0 Å². The molecular weight excluding hydrogens is 416 g/mol. The molecule has 0 atom stereocenters. The van der Waals surface area contributed by atoms with Crippen molar-refractivity contribution in [2.45, 2.75) is 26.3 Å². The molecule has 160 valence electrons. The molecule has 4 aromatic rings. The third-order valence-corrected chi connectivity index (χ3v) is 4.63. The van der Waals surface area contributed by atoms with Crippen LogP contribution in [0.25, 0.3) is 5.65 Å². The van der Waals surface area contributed by atoms with Crippen LogP contribution in [-0.2, 0) is 6.54 Å². The first-order valence-electron chi connectivity index (χ1n) is 9.18. The van der Waals surface area contributed by atoms with Gasteiger partial charge in [0.1, 0.15) is 11.4 Å². The summed E-state index contributed by atoms with van der Waals surface area (Å²) in [5.41, 5.74) is 0.0344. The third-order valence-electron chi connectivity index (χ3n) is 4.63. The molecule has 0 bridgehead atoms. The molecule has 0 saturated carbocycles. The van der Waals surface area contributed by atoms with E-state index in [0.29, 0.717) is 17.1 Å². The van der Waals surface area contributed by atoms with Crippen LogP contribution < -0.4 is 5.32 Å². The minimum atomic E-state index is -3.07. The van der Waals surface area contributed by atoms with Gasteiger partial charge in [0.25, 0.3) is 18.8 Å². The monoisotopic (exact) mass is 432 g/mol. The van der Waals surface area contributed by atoms with E-state index in [4.69, 9.17) is 0 Å². The second-order valence-electron chi connectivity index (χ2n) is 6.79. The standard InChI is InChI=1S/C20H16F4N6O/c1-11-4-2-3-5-12(11)10-29-7-6-16(28-29)26-20(31)14-9-17-25-13(18(21)22)8-15(19(23)24)30(17)27-14/h2-9,18-19H,10H2,1H3,(H,26,28,31). The van der Waals surface area contributed by atoms with Crippen LogP contribution in [0.4, 0.5) is 23.4 Å². The Hall–Kier alpha value is -3.76. The molecule has 31 heavy (non-hydrogen) atoms. The van der Waals surface area contributed by atoms with Gasteiger partial charge in [0.15, 0.2) is 17.2 Å². The Morgan fingerprint density at radius 3 is 2.55 bits per heavy atom. The molecule has 7 nitrogen and oxygen atoms in total. The number of carbonyl (C=O) groups excluding carboxylic acids is 1. The number of hydrogen-bond acceptors (Lipinski definition) is 4. The molecule has 0 aliphatic carbocycles. The highest BCUT2D eigenvalue weighted by molar-refractivity contribution is 6.02. The molecule has 3 heterocycles. The van der Waals surface area contributed by atoms with Gasteiger partial charge in [0.2, 0.25) is 0 Å². The van der Waals surface area contributed by atoms with Crippen molar-refractivity contribution >= 4 is 17.4 Å². The fourth-order valence-electron chi connectivity index (χ4n) is 3.06. The van der Waals surface area contributed by atoms with Crippen molar-refractivity contribution in [2.24, 2.45) is 0 Å². The molecule has 4 rings (SSSR count). The van der Waals surface area contributed by atoms with Gasteiger partial charge in [-0.25, -0.2) is 27.1 Å². The first-order valence-corrected chi connectivity index (χ1v) is 9.18. The topological polar surface area (TPSA) is 77.1 Å². The van der Waals surface area contributed by atoms with Crippen molar-refractivity contribution in [3.8, 4) is 0 Å². The van der Waals surface area contributed by atoms with E-state index in [0.717, 1.165) is 17.2 Å². The summed E-state index contributed by atoms with van der Waals surface area (Å²) in [5.74, 6) is -0.503. The van der Waals surface area contributed by atoms with Crippen LogP contribution in [0.5, 0.6) is 0 Å². The molecule has 1 aromatic carbocycles. The van der Waals surface area contributed by atoms with Crippen LogP contribution in [0, 0.1) is 6.92 Å². The summed E-state index contributed by atoms with van der Waals surface area (Å²) in [5, 5.41) is 10.6. The normalized spacial score (nSPS) is 11.6. The van der Waals surface area contributed by atoms with Crippen LogP contribution in [0.3, 0.4) is 0 Å². The van der Waals surface area contributed by atoms with Crippen LogP contribution in [0.1, 0.15) is 45.9 Å². The Bertz CT molecular complexity index is 1250. The summed E-state index contributed by atoms with van der Waals surface area (Å²) < 4.78 is 54.7. The Kier molecular flexibility index (Phi) is 5.40. The number of alkyl halides is 4. The van der Waals surface area contributed by atoms with Gasteiger partial charge in [-0.15, -0.1) is 0 Å². The molecule has 0 aliphatic rings. The number of fused-ring (bicyclic) bond motifs is 1. The highest BCUT2D eigenvalue weighted by Gasteiger charge is 2.22.